The molecule has 2 heteroatoms. The molecule has 1 nitrogen and oxygen atoms in total. The van der Waals surface area contributed by atoms with Crippen LogP contribution >= 0.6 is 0 Å². The van der Waals surface area contributed by atoms with Crippen LogP contribution in [0.2, 0.25) is 0 Å². The second-order valence-electron chi connectivity index (χ2n) is 3.10. The van der Waals surface area contributed by atoms with E-state index in [2.05, 4.69) is 0 Å². The van der Waals surface area contributed by atoms with Gasteiger partial charge in [0.2, 0.25) is 0 Å². The molecular weight excluding hydrogens is 167 g/mol. The first-order chi connectivity index (χ1) is 6.09. The largest absolute Gasteiger partial charge is 0.389 e. The zero-order valence-corrected chi connectivity index (χ0v) is 7.79. The molecule has 1 N–H and O–H groups in total. The predicted octanol–water partition coefficient (Wildman–Crippen LogP) is 2.61. The summed E-state index contributed by atoms with van der Waals surface area (Å²) in [6.45, 7) is 3.52. The maximum Gasteiger partial charge on any atom is 0.123 e. The van der Waals surface area contributed by atoms with E-state index in [0.717, 1.165) is 11.1 Å². The van der Waals surface area contributed by atoms with Gasteiger partial charge in [-0.3, -0.25) is 0 Å². The van der Waals surface area contributed by atoms with Gasteiger partial charge in [-0.15, -0.1) is 0 Å². The lowest BCUT2D eigenvalue weighted by Gasteiger charge is -2.03. The summed E-state index contributed by atoms with van der Waals surface area (Å²) in [5.41, 5.74) is 1.69. The van der Waals surface area contributed by atoms with Gasteiger partial charge in [-0.25, -0.2) is 4.39 Å². The fourth-order valence-electron chi connectivity index (χ4n) is 1.19. The Kier molecular flexibility index (Phi) is 3.20. The fourth-order valence-corrected chi connectivity index (χ4v) is 1.19. The molecule has 0 radical (unpaired) electrons. The van der Waals surface area contributed by atoms with Crippen molar-refractivity contribution in [3.63, 3.8) is 0 Å². The predicted molar refractivity (Wildman–Crippen MR) is 51.7 cm³/mol. The second-order valence-corrected chi connectivity index (χ2v) is 3.10. The molecule has 0 bridgehead atoms. The van der Waals surface area contributed by atoms with Crippen molar-refractivity contribution in [3.05, 3.63) is 41.7 Å². The maximum atomic E-state index is 12.8. The van der Waals surface area contributed by atoms with Gasteiger partial charge < -0.3 is 5.11 Å². The molecule has 1 aromatic rings. The van der Waals surface area contributed by atoms with Crippen LogP contribution in [0, 0.1) is 5.82 Å². The van der Waals surface area contributed by atoms with Crippen molar-refractivity contribution in [2.45, 2.75) is 20.0 Å². The molecular formula is C11H13FO. The minimum absolute atomic E-state index is 0.254. The molecule has 0 fully saturated rings. The van der Waals surface area contributed by atoms with E-state index in [9.17, 15) is 4.39 Å². The summed E-state index contributed by atoms with van der Waals surface area (Å²) in [6, 6.07) is 6.33. The average Bonchev–Trinajstić information content (AvgIpc) is 2.03. The molecule has 70 valence electrons. The summed E-state index contributed by atoms with van der Waals surface area (Å²) in [6.07, 6.45) is 1.19. The first-order valence-corrected chi connectivity index (χ1v) is 4.22. The van der Waals surface area contributed by atoms with Crippen LogP contribution in [0.25, 0.3) is 5.57 Å². The molecule has 13 heavy (non-hydrogen) atoms. The molecule has 0 aliphatic rings. The Morgan fingerprint density at radius 1 is 1.54 bits per heavy atom. The molecule has 0 aliphatic heterocycles. The average molecular weight is 180 g/mol. The maximum absolute atomic E-state index is 12.8. The van der Waals surface area contributed by atoms with Gasteiger partial charge in [-0.1, -0.05) is 18.2 Å². The molecule has 0 saturated heterocycles. The summed E-state index contributed by atoms with van der Waals surface area (Å²) in [5, 5.41) is 9.08. The van der Waals surface area contributed by atoms with Gasteiger partial charge in [0.05, 0.1) is 6.10 Å². The number of aliphatic hydroxyl groups is 1. The highest BCUT2D eigenvalue weighted by atomic mass is 19.1. The van der Waals surface area contributed by atoms with E-state index < -0.39 is 6.10 Å². The Morgan fingerprint density at radius 3 is 2.77 bits per heavy atom. The summed E-state index contributed by atoms with van der Waals surface area (Å²) >= 11 is 0. The molecule has 1 rings (SSSR count). The minimum Gasteiger partial charge on any atom is -0.389 e. The molecule has 0 aromatic heterocycles. The second kappa shape index (κ2) is 4.19. The molecule has 0 aliphatic carbocycles. The highest BCUT2D eigenvalue weighted by molar-refractivity contribution is 5.63. The number of hydrogen-bond donors (Lipinski definition) is 1. The Labute approximate surface area is 77.5 Å². The lowest BCUT2D eigenvalue weighted by molar-refractivity contribution is 0.244. The van der Waals surface area contributed by atoms with Gasteiger partial charge in [-0.05, 0) is 37.1 Å². The smallest absolute Gasteiger partial charge is 0.123 e. The summed E-state index contributed by atoms with van der Waals surface area (Å²) in [4.78, 5) is 0. The molecule has 0 heterocycles. The quantitative estimate of drug-likeness (QED) is 0.741. The van der Waals surface area contributed by atoms with Crippen LogP contribution in [0.3, 0.4) is 0 Å². The Morgan fingerprint density at radius 2 is 2.23 bits per heavy atom. The zero-order chi connectivity index (χ0) is 9.84. The highest BCUT2D eigenvalue weighted by Gasteiger charge is 1.98. The summed E-state index contributed by atoms with van der Waals surface area (Å²) in [5.74, 6) is -0.254. The van der Waals surface area contributed by atoms with E-state index in [1.807, 2.05) is 13.0 Å². The van der Waals surface area contributed by atoms with Crippen LogP contribution < -0.4 is 0 Å². The van der Waals surface area contributed by atoms with E-state index in [0.29, 0.717) is 0 Å². The monoisotopic (exact) mass is 180 g/mol. The Hall–Kier alpha value is -1.15. The van der Waals surface area contributed by atoms with Gasteiger partial charge in [0.25, 0.3) is 0 Å². The van der Waals surface area contributed by atoms with Crippen LogP contribution in [0.1, 0.15) is 19.4 Å². The van der Waals surface area contributed by atoms with E-state index in [4.69, 9.17) is 5.11 Å². The van der Waals surface area contributed by atoms with E-state index >= 15 is 0 Å². The lowest BCUT2D eigenvalue weighted by atomic mass is 10.1. The fraction of sp³-hybridized carbons (Fsp3) is 0.273. The summed E-state index contributed by atoms with van der Waals surface area (Å²) in [7, 11) is 0. The number of aliphatic hydroxyl groups excluding tert-OH is 1. The Bertz CT molecular complexity index is 316. The lowest BCUT2D eigenvalue weighted by Crippen LogP contribution is -1.94. The van der Waals surface area contributed by atoms with Crippen LogP contribution in [-0.4, -0.2) is 11.2 Å². The number of halogens is 1. The number of allylic oxidation sites excluding steroid dienone is 1. The van der Waals surface area contributed by atoms with Crippen molar-refractivity contribution in [1.29, 1.82) is 0 Å². The SMILES string of the molecule is C/C(=C/C(C)O)c1cccc(F)c1. The molecule has 1 unspecified atom stereocenters. The highest BCUT2D eigenvalue weighted by Crippen LogP contribution is 2.15. The van der Waals surface area contributed by atoms with Crippen LogP contribution in [-0.2, 0) is 0 Å². The normalized spacial score (nSPS) is 14.3. The van der Waals surface area contributed by atoms with Crippen molar-refractivity contribution >= 4 is 5.57 Å². The summed E-state index contributed by atoms with van der Waals surface area (Å²) < 4.78 is 12.8. The van der Waals surface area contributed by atoms with Gasteiger partial charge in [-0.2, -0.15) is 0 Å². The first kappa shape index (κ1) is 9.93. The Balaban J connectivity index is 2.95. The molecule has 0 saturated carbocycles. The third kappa shape index (κ3) is 2.99. The van der Waals surface area contributed by atoms with Gasteiger partial charge >= 0.3 is 0 Å². The number of benzene rings is 1. The van der Waals surface area contributed by atoms with Gasteiger partial charge in [0.1, 0.15) is 5.82 Å². The van der Waals surface area contributed by atoms with Crippen molar-refractivity contribution in [2.24, 2.45) is 0 Å². The van der Waals surface area contributed by atoms with E-state index in [-0.39, 0.29) is 5.82 Å². The minimum atomic E-state index is -0.497. The van der Waals surface area contributed by atoms with Crippen LogP contribution in [0.5, 0.6) is 0 Å². The molecule has 1 atom stereocenters. The van der Waals surface area contributed by atoms with E-state index in [1.165, 1.54) is 12.1 Å². The standard InChI is InChI=1S/C11H13FO/c1-8(6-9(2)13)10-4-3-5-11(12)7-10/h3-7,9,13H,1-2H3/b8-6-. The van der Waals surface area contributed by atoms with Crippen molar-refractivity contribution in [3.8, 4) is 0 Å². The van der Waals surface area contributed by atoms with Gasteiger partial charge in [0, 0.05) is 0 Å². The topological polar surface area (TPSA) is 20.2 Å². The van der Waals surface area contributed by atoms with Crippen molar-refractivity contribution in [2.75, 3.05) is 0 Å². The number of rotatable bonds is 2. The molecule has 0 amide bonds. The van der Waals surface area contributed by atoms with E-state index in [1.54, 1.807) is 19.1 Å². The molecule has 0 spiro atoms. The van der Waals surface area contributed by atoms with Crippen LogP contribution in [0.15, 0.2) is 30.3 Å². The molecule has 1 aromatic carbocycles. The zero-order valence-electron chi connectivity index (χ0n) is 7.79. The first-order valence-electron chi connectivity index (χ1n) is 4.22. The van der Waals surface area contributed by atoms with Crippen molar-refractivity contribution < 1.29 is 9.50 Å². The van der Waals surface area contributed by atoms with Gasteiger partial charge in [0.15, 0.2) is 0 Å². The van der Waals surface area contributed by atoms with Crippen LogP contribution in [0.4, 0.5) is 4.39 Å². The third-order valence-corrected chi connectivity index (χ3v) is 1.77. The number of hydrogen-bond acceptors (Lipinski definition) is 1. The third-order valence-electron chi connectivity index (χ3n) is 1.77. The van der Waals surface area contributed by atoms with Crippen molar-refractivity contribution in [1.82, 2.24) is 0 Å².